The summed E-state index contributed by atoms with van der Waals surface area (Å²) in [5, 5.41) is 11.4. The van der Waals surface area contributed by atoms with Gasteiger partial charge < -0.3 is 15.0 Å². The Hall–Kier alpha value is -1.82. The molecular formula is C13H16N4O2. The quantitative estimate of drug-likeness (QED) is 0.813. The molecule has 3 heterocycles. The predicted molar refractivity (Wildman–Crippen MR) is 68.7 cm³/mol. The molecule has 1 fully saturated rings. The summed E-state index contributed by atoms with van der Waals surface area (Å²) in [6, 6.07) is 0. The second-order valence-corrected chi connectivity index (χ2v) is 5.29. The monoisotopic (exact) mass is 260 g/mol. The van der Waals surface area contributed by atoms with Crippen LogP contribution in [-0.2, 0) is 16.6 Å². The van der Waals surface area contributed by atoms with Crippen LogP contribution in [0, 0.1) is 0 Å². The molecule has 6 nitrogen and oxygen atoms in total. The minimum absolute atomic E-state index is 0.0529. The van der Waals surface area contributed by atoms with Crippen LogP contribution < -0.4 is 5.73 Å². The van der Waals surface area contributed by atoms with Gasteiger partial charge in [0.05, 0.1) is 17.1 Å². The molecule has 2 aliphatic rings. The standard InChI is InChI=1S/C13H16N4O2/c1-3-7-8-10(16-15-7)11-9(12(14)17-19-11)13(8)4-5-18-6(13)2/h6H,3-5H2,1-2H3,(H2,14,17)(H,15,16)/t6-,13+/m0/s1. The molecule has 1 saturated heterocycles. The largest absolute Gasteiger partial charge is 0.381 e. The van der Waals surface area contributed by atoms with Gasteiger partial charge in [0.15, 0.2) is 11.6 Å². The zero-order valence-corrected chi connectivity index (χ0v) is 11.0. The van der Waals surface area contributed by atoms with E-state index >= 15 is 0 Å². The summed E-state index contributed by atoms with van der Waals surface area (Å²) < 4.78 is 11.2. The molecule has 0 amide bonds. The molecule has 0 aromatic carbocycles. The molecule has 0 unspecified atom stereocenters. The molecule has 4 rings (SSSR count). The number of aromatic nitrogens is 3. The van der Waals surface area contributed by atoms with E-state index in [1.807, 2.05) is 0 Å². The van der Waals surface area contributed by atoms with Crippen molar-refractivity contribution in [1.82, 2.24) is 15.4 Å². The van der Waals surface area contributed by atoms with E-state index in [1.54, 1.807) is 0 Å². The van der Waals surface area contributed by atoms with Crippen molar-refractivity contribution in [3.8, 4) is 11.5 Å². The molecule has 2 atom stereocenters. The lowest BCUT2D eigenvalue weighted by Gasteiger charge is -2.28. The van der Waals surface area contributed by atoms with E-state index in [0.29, 0.717) is 11.6 Å². The Morgan fingerprint density at radius 3 is 3.00 bits per heavy atom. The number of fused-ring (bicyclic) bond motifs is 5. The average molecular weight is 260 g/mol. The highest BCUT2D eigenvalue weighted by Gasteiger charge is 2.56. The van der Waals surface area contributed by atoms with Gasteiger partial charge in [0, 0.05) is 17.9 Å². The Balaban J connectivity index is 2.09. The summed E-state index contributed by atoms with van der Waals surface area (Å²) >= 11 is 0. The Bertz CT molecular complexity index is 660. The van der Waals surface area contributed by atoms with Crippen LogP contribution >= 0.6 is 0 Å². The number of nitrogens with one attached hydrogen (secondary N) is 1. The van der Waals surface area contributed by atoms with Crippen molar-refractivity contribution in [2.75, 3.05) is 12.3 Å². The van der Waals surface area contributed by atoms with Gasteiger partial charge in [0.25, 0.3) is 0 Å². The average Bonchev–Trinajstić information content (AvgIpc) is 3.09. The van der Waals surface area contributed by atoms with Crippen LogP contribution in [0.15, 0.2) is 4.52 Å². The van der Waals surface area contributed by atoms with Crippen LogP contribution in [0.25, 0.3) is 11.5 Å². The van der Waals surface area contributed by atoms with Crippen molar-refractivity contribution in [2.45, 2.75) is 38.2 Å². The molecule has 0 radical (unpaired) electrons. The molecule has 3 N–H and O–H groups in total. The highest BCUT2D eigenvalue weighted by Crippen LogP contribution is 2.57. The van der Waals surface area contributed by atoms with Crippen LogP contribution in [-0.4, -0.2) is 28.1 Å². The Morgan fingerprint density at radius 2 is 2.32 bits per heavy atom. The summed E-state index contributed by atoms with van der Waals surface area (Å²) in [5.41, 5.74) is 9.96. The Kier molecular flexibility index (Phi) is 1.97. The topological polar surface area (TPSA) is 90.0 Å². The maximum Gasteiger partial charge on any atom is 0.193 e. The molecular weight excluding hydrogens is 244 g/mol. The number of nitrogens with two attached hydrogens (primary N) is 1. The van der Waals surface area contributed by atoms with Crippen molar-refractivity contribution in [3.63, 3.8) is 0 Å². The van der Waals surface area contributed by atoms with Gasteiger partial charge in [-0.15, -0.1) is 0 Å². The number of nitrogens with zero attached hydrogens (tertiary/aromatic N) is 2. The van der Waals surface area contributed by atoms with Gasteiger partial charge in [0.1, 0.15) is 5.69 Å². The lowest BCUT2D eigenvalue weighted by molar-refractivity contribution is 0.104. The van der Waals surface area contributed by atoms with Gasteiger partial charge in [-0.25, -0.2) is 0 Å². The van der Waals surface area contributed by atoms with Gasteiger partial charge in [-0.3, -0.25) is 5.10 Å². The van der Waals surface area contributed by atoms with E-state index in [1.165, 1.54) is 5.56 Å². The molecule has 0 bridgehead atoms. The number of aryl methyl sites for hydroxylation is 1. The van der Waals surface area contributed by atoms with Crippen molar-refractivity contribution in [1.29, 1.82) is 0 Å². The summed E-state index contributed by atoms with van der Waals surface area (Å²) in [6.07, 6.45) is 1.85. The van der Waals surface area contributed by atoms with E-state index in [2.05, 4.69) is 29.2 Å². The summed E-state index contributed by atoms with van der Waals surface area (Å²) in [4.78, 5) is 0. The minimum atomic E-state index is -0.243. The maximum absolute atomic E-state index is 6.04. The van der Waals surface area contributed by atoms with Crippen LogP contribution in [0.5, 0.6) is 0 Å². The van der Waals surface area contributed by atoms with Crippen molar-refractivity contribution < 1.29 is 9.26 Å². The fourth-order valence-electron chi connectivity index (χ4n) is 3.70. The first-order chi connectivity index (χ1) is 9.20. The van der Waals surface area contributed by atoms with Gasteiger partial charge >= 0.3 is 0 Å². The molecule has 1 aliphatic heterocycles. The number of anilines is 1. The summed E-state index contributed by atoms with van der Waals surface area (Å²) in [5.74, 6) is 1.17. The first kappa shape index (κ1) is 11.0. The lowest BCUT2D eigenvalue weighted by Crippen LogP contribution is -2.34. The second kappa shape index (κ2) is 3.39. The molecule has 6 heteroatoms. The minimum Gasteiger partial charge on any atom is -0.381 e. The normalized spacial score (nSPS) is 28.0. The van der Waals surface area contributed by atoms with E-state index < -0.39 is 0 Å². The van der Waals surface area contributed by atoms with Crippen LogP contribution in [0.4, 0.5) is 5.82 Å². The fraction of sp³-hybridized carbons (Fsp3) is 0.538. The zero-order chi connectivity index (χ0) is 13.2. The first-order valence-electron chi connectivity index (χ1n) is 6.65. The molecule has 100 valence electrons. The maximum atomic E-state index is 6.04. The zero-order valence-electron chi connectivity index (χ0n) is 11.0. The van der Waals surface area contributed by atoms with Crippen LogP contribution in [0.1, 0.15) is 37.1 Å². The van der Waals surface area contributed by atoms with Crippen LogP contribution in [0.2, 0.25) is 0 Å². The van der Waals surface area contributed by atoms with E-state index in [0.717, 1.165) is 36.4 Å². The Labute approximate surface area is 110 Å². The number of H-pyrrole nitrogens is 1. The number of ether oxygens (including phenoxy) is 1. The summed E-state index contributed by atoms with van der Waals surface area (Å²) in [7, 11) is 0. The molecule has 0 saturated carbocycles. The number of hydrogen-bond donors (Lipinski definition) is 2. The number of rotatable bonds is 1. The van der Waals surface area contributed by atoms with Crippen LogP contribution in [0.3, 0.4) is 0 Å². The number of nitrogen functional groups attached to an aromatic ring is 1. The Morgan fingerprint density at radius 1 is 1.47 bits per heavy atom. The SMILES string of the molecule is CCc1[nH]nc2c1[C@]1(CCO[C@H]1C)c1c(N)noc1-2. The van der Waals surface area contributed by atoms with Gasteiger partial charge in [-0.1, -0.05) is 12.1 Å². The van der Waals surface area contributed by atoms with Gasteiger partial charge in [-0.2, -0.15) is 5.10 Å². The lowest BCUT2D eigenvalue weighted by atomic mass is 9.73. The van der Waals surface area contributed by atoms with Crippen molar-refractivity contribution >= 4 is 5.82 Å². The third-order valence-corrected chi connectivity index (χ3v) is 4.58. The predicted octanol–water partition coefficient (Wildman–Crippen LogP) is 1.62. The third kappa shape index (κ3) is 1.07. The smallest absolute Gasteiger partial charge is 0.193 e. The molecule has 2 aromatic heterocycles. The van der Waals surface area contributed by atoms with Crippen molar-refractivity contribution in [3.05, 3.63) is 16.8 Å². The fourth-order valence-corrected chi connectivity index (χ4v) is 3.70. The van der Waals surface area contributed by atoms with Gasteiger partial charge in [0.2, 0.25) is 0 Å². The first-order valence-corrected chi connectivity index (χ1v) is 6.65. The molecule has 2 aromatic rings. The molecule has 19 heavy (non-hydrogen) atoms. The number of hydrogen-bond acceptors (Lipinski definition) is 5. The van der Waals surface area contributed by atoms with E-state index in [9.17, 15) is 0 Å². The second-order valence-electron chi connectivity index (χ2n) is 5.29. The third-order valence-electron chi connectivity index (χ3n) is 4.58. The molecule has 1 spiro atoms. The number of aromatic amines is 1. The van der Waals surface area contributed by atoms with E-state index in [4.69, 9.17) is 15.0 Å². The van der Waals surface area contributed by atoms with E-state index in [-0.39, 0.29) is 11.5 Å². The van der Waals surface area contributed by atoms with Gasteiger partial charge in [-0.05, 0) is 19.8 Å². The molecule has 1 aliphatic carbocycles. The van der Waals surface area contributed by atoms with Crippen molar-refractivity contribution in [2.24, 2.45) is 0 Å². The highest BCUT2D eigenvalue weighted by atomic mass is 16.5. The summed E-state index contributed by atoms with van der Waals surface area (Å²) in [6.45, 7) is 4.92. The highest BCUT2D eigenvalue weighted by molar-refractivity contribution is 5.80.